The molecule has 1 aliphatic rings. The lowest BCUT2D eigenvalue weighted by atomic mass is 10.1. The van der Waals surface area contributed by atoms with Crippen molar-refractivity contribution in [2.24, 2.45) is 13.0 Å². The number of hydrogen-bond donors (Lipinski definition) is 0. The quantitative estimate of drug-likeness (QED) is 0.422. The number of aromatic nitrogens is 4. The Balaban J connectivity index is 1.72. The number of halogens is 1. The molecule has 0 unspecified atom stereocenters. The third-order valence-corrected chi connectivity index (χ3v) is 6.77. The van der Waals surface area contributed by atoms with Crippen LogP contribution in [0, 0.1) is 5.92 Å². The van der Waals surface area contributed by atoms with Gasteiger partial charge in [-0.15, -0.1) is 0 Å². The van der Waals surface area contributed by atoms with Crippen molar-refractivity contribution in [3.63, 3.8) is 0 Å². The second-order valence-corrected chi connectivity index (χ2v) is 9.18. The van der Waals surface area contributed by atoms with E-state index in [4.69, 9.17) is 26.1 Å². The number of fused-ring (bicyclic) bond motifs is 3. The van der Waals surface area contributed by atoms with Gasteiger partial charge in [-0.2, -0.15) is 4.98 Å². The fourth-order valence-electron chi connectivity index (χ4n) is 4.65. The van der Waals surface area contributed by atoms with Crippen LogP contribution in [-0.4, -0.2) is 39.4 Å². The second-order valence-electron chi connectivity index (χ2n) is 8.77. The number of anilines is 2. The van der Waals surface area contributed by atoms with Crippen LogP contribution >= 0.6 is 11.6 Å². The summed E-state index contributed by atoms with van der Waals surface area (Å²) in [7, 11) is 4.84. The molecule has 0 radical (unpaired) electrons. The van der Waals surface area contributed by atoms with Crippen LogP contribution in [0.5, 0.6) is 11.5 Å². The summed E-state index contributed by atoms with van der Waals surface area (Å²) in [5, 5.41) is 0.503. The van der Waals surface area contributed by atoms with Gasteiger partial charge < -0.3 is 18.9 Å². The summed E-state index contributed by atoms with van der Waals surface area (Å²) in [5.74, 6) is 2.10. The van der Waals surface area contributed by atoms with E-state index in [2.05, 4.69) is 6.92 Å². The zero-order valence-corrected chi connectivity index (χ0v) is 20.7. The molecule has 0 saturated carbocycles. The Bertz CT molecular complexity index is 1550. The first kappa shape index (κ1) is 23.0. The molecule has 182 valence electrons. The SMILES string of the molecule is COc1ccc(N2C[C@H](C)Cn3c2nc2c3c(=O)n(Cc3ccccc3Cl)c(=O)n2C)c(OC)c1. The predicted molar refractivity (Wildman–Crippen MR) is 136 cm³/mol. The molecule has 0 aliphatic carbocycles. The van der Waals surface area contributed by atoms with E-state index in [9.17, 15) is 9.59 Å². The van der Waals surface area contributed by atoms with Gasteiger partial charge >= 0.3 is 5.69 Å². The first-order valence-electron chi connectivity index (χ1n) is 11.3. The fourth-order valence-corrected chi connectivity index (χ4v) is 4.85. The molecule has 0 spiro atoms. The summed E-state index contributed by atoms with van der Waals surface area (Å²) in [6, 6.07) is 12.8. The maximum Gasteiger partial charge on any atom is 0.332 e. The van der Waals surface area contributed by atoms with Crippen molar-refractivity contribution in [2.75, 3.05) is 25.7 Å². The smallest absolute Gasteiger partial charge is 0.332 e. The van der Waals surface area contributed by atoms with Gasteiger partial charge in [0, 0.05) is 31.2 Å². The van der Waals surface area contributed by atoms with Gasteiger partial charge in [0.05, 0.1) is 26.5 Å². The zero-order chi connectivity index (χ0) is 24.9. The molecule has 0 N–H and O–H groups in total. The summed E-state index contributed by atoms with van der Waals surface area (Å²) >= 11 is 6.32. The Kier molecular flexibility index (Phi) is 5.80. The van der Waals surface area contributed by atoms with Crippen LogP contribution in [0.4, 0.5) is 11.6 Å². The van der Waals surface area contributed by atoms with Crippen LogP contribution in [0.25, 0.3) is 11.2 Å². The molecule has 1 aliphatic heterocycles. The maximum absolute atomic E-state index is 13.7. The molecular weight excluding hydrogens is 470 g/mol. The third-order valence-electron chi connectivity index (χ3n) is 6.41. The van der Waals surface area contributed by atoms with Gasteiger partial charge in [0.1, 0.15) is 11.5 Å². The Morgan fingerprint density at radius 1 is 1.09 bits per heavy atom. The molecule has 5 rings (SSSR count). The van der Waals surface area contributed by atoms with Gasteiger partial charge in [-0.25, -0.2) is 4.79 Å². The largest absolute Gasteiger partial charge is 0.497 e. The highest BCUT2D eigenvalue weighted by atomic mass is 35.5. The molecule has 2 aromatic carbocycles. The third kappa shape index (κ3) is 3.76. The lowest BCUT2D eigenvalue weighted by Gasteiger charge is -2.33. The normalized spacial score (nSPS) is 15.3. The van der Waals surface area contributed by atoms with Crippen molar-refractivity contribution in [2.45, 2.75) is 20.0 Å². The van der Waals surface area contributed by atoms with E-state index in [1.807, 2.05) is 45.9 Å². The highest BCUT2D eigenvalue weighted by Crippen LogP contribution is 2.39. The minimum absolute atomic E-state index is 0.0766. The van der Waals surface area contributed by atoms with Crippen LogP contribution in [0.2, 0.25) is 5.02 Å². The van der Waals surface area contributed by atoms with E-state index in [0.717, 1.165) is 5.69 Å². The molecule has 9 nitrogen and oxygen atoms in total. The molecule has 2 aromatic heterocycles. The molecule has 0 amide bonds. The van der Waals surface area contributed by atoms with Gasteiger partial charge in [-0.1, -0.05) is 36.7 Å². The van der Waals surface area contributed by atoms with Crippen molar-refractivity contribution in [1.29, 1.82) is 0 Å². The minimum atomic E-state index is -0.445. The molecule has 3 heterocycles. The van der Waals surface area contributed by atoms with Gasteiger partial charge in [-0.05, 0) is 29.7 Å². The lowest BCUT2D eigenvalue weighted by Crippen LogP contribution is -2.40. The molecule has 0 fully saturated rings. The monoisotopic (exact) mass is 495 g/mol. The Hall–Kier alpha value is -3.72. The first-order chi connectivity index (χ1) is 16.8. The van der Waals surface area contributed by atoms with Crippen LogP contribution in [-0.2, 0) is 20.1 Å². The molecule has 4 aromatic rings. The summed E-state index contributed by atoms with van der Waals surface area (Å²) in [6.07, 6.45) is 0. The van der Waals surface area contributed by atoms with Crippen LogP contribution in [0.3, 0.4) is 0 Å². The van der Waals surface area contributed by atoms with Crippen molar-refractivity contribution in [1.82, 2.24) is 18.7 Å². The van der Waals surface area contributed by atoms with E-state index in [-0.39, 0.29) is 12.5 Å². The molecular formula is C25H26ClN5O4. The van der Waals surface area contributed by atoms with Gasteiger partial charge in [0.15, 0.2) is 11.2 Å². The first-order valence-corrected chi connectivity index (χ1v) is 11.6. The number of methoxy groups -OCH3 is 2. The van der Waals surface area contributed by atoms with Crippen LogP contribution in [0.1, 0.15) is 12.5 Å². The number of aryl methyl sites for hydroxylation is 1. The molecule has 0 saturated heterocycles. The number of ether oxygens (including phenoxy) is 2. The van der Waals surface area contributed by atoms with Crippen LogP contribution in [0.15, 0.2) is 52.1 Å². The van der Waals surface area contributed by atoms with Gasteiger partial charge in [-0.3, -0.25) is 13.9 Å². The fraction of sp³-hybridized carbons (Fsp3) is 0.320. The van der Waals surface area contributed by atoms with E-state index in [1.54, 1.807) is 27.3 Å². The topological polar surface area (TPSA) is 83.5 Å². The molecule has 10 heteroatoms. The van der Waals surface area contributed by atoms with E-state index < -0.39 is 11.2 Å². The highest BCUT2D eigenvalue weighted by molar-refractivity contribution is 6.31. The van der Waals surface area contributed by atoms with Crippen molar-refractivity contribution in [3.8, 4) is 11.5 Å². The van der Waals surface area contributed by atoms with E-state index in [1.165, 1.54) is 9.13 Å². The zero-order valence-electron chi connectivity index (χ0n) is 20.0. The van der Waals surface area contributed by atoms with Crippen LogP contribution < -0.4 is 25.6 Å². The summed E-state index contributed by atoms with van der Waals surface area (Å²) in [6.45, 7) is 3.46. The highest BCUT2D eigenvalue weighted by Gasteiger charge is 2.31. The van der Waals surface area contributed by atoms with Crippen molar-refractivity contribution < 1.29 is 9.47 Å². The average molecular weight is 496 g/mol. The van der Waals surface area contributed by atoms with E-state index >= 15 is 0 Å². The Morgan fingerprint density at radius 3 is 2.57 bits per heavy atom. The summed E-state index contributed by atoms with van der Waals surface area (Å²) in [4.78, 5) is 33.7. The van der Waals surface area contributed by atoms with E-state index in [0.29, 0.717) is 52.3 Å². The molecule has 35 heavy (non-hydrogen) atoms. The number of nitrogens with zero attached hydrogens (tertiary/aromatic N) is 5. The number of imidazole rings is 1. The minimum Gasteiger partial charge on any atom is -0.497 e. The number of benzene rings is 2. The summed E-state index contributed by atoms with van der Waals surface area (Å²) < 4.78 is 15.5. The van der Waals surface area contributed by atoms with Gasteiger partial charge in [0.25, 0.3) is 5.56 Å². The van der Waals surface area contributed by atoms with Crippen molar-refractivity contribution in [3.05, 3.63) is 73.9 Å². The standard InChI is InChI=1S/C25H26ClN5O4/c1-15-12-29(19-10-9-17(34-3)11-20(19)35-4)24-27-22-21(30(24)13-15)23(32)31(25(33)28(22)2)14-16-7-5-6-8-18(16)26/h5-11,15H,12-14H2,1-4H3/t15-/m0/s1. The molecule has 1 atom stereocenters. The maximum atomic E-state index is 13.7. The predicted octanol–water partition coefficient (Wildman–Crippen LogP) is 3.40. The van der Waals surface area contributed by atoms with Crippen molar-refractivity contribution >= 4 is 34.4 Å². The number of hydrogen-bond acceptors (Lipinski definition) is 6. The lowest BCUT2D eigenvalue weighted by molar-refractivity contribution is 0.392. The summed E-state index contributed by atoms with van der Waals surface area (Å²) in [5.41, 5.74) is 1.40. The average Bonchev–Trinajstić information content (AvgIpc) is 3.25. The van der Waals surface area contributed by atoms with Gasteiger partial charge in [0.2, 0.25) is 5.95 Å². The Morgan fingerprint density at radius 2 is 1.86 bits per heavy atom. The number of rotatable bonds is 5. The Labute approximate surface area is 206 Å². The molecule has 0 bridgehead atoms. The second kappa shape index (κ2) is 8.81.